The summed E-state index contributed by atoms with van der Waals surface area (Å²) in [4.78, 5) is 36.5. The number of aliphatic hydroxyl groups excluding tert-OH is 1. The molecular formula is C32H47ClN7O9PS. The summed E-state index contributed by atoms with van der Waals surface area (Å²) in [5.74, 6) is -0.430. The zero-order valence-electron chi connectivity index (χ0n) is 29.5. The van der Waals surface area contributed by atoms with E-state index in [0.717, 1.165) is 17.3 Å². The average molecular weight is 772 g/mol. The highest BCUT2D eigenvalue weighted by Crippen LogP contribution is 2.48. The third kappa shape index (κ3) is 10.2. The number of hydrogen-bond donors (Lipinski definition) is 4. The SMILES string of the molecule is CCOc1nc(N)nc2c1ncn2[C@@H]1O[C@H](CO[P@@](=O)(NCc2ccccc2)OCCSC(=O)C(C)(C)COC(=O)[C@H](N)C(C)C)[C@@H](O)[C@@]1(C)Cl. The fourth-order valence-electron chi connectivity index (χ4n) is 4.92. The van der Waals surface area contributed by atoms with Crippen LogP contribution in [0, 0.1) is 11.3 Å². The van der Waals surface area contributed by atoms with E-state index in [2.05, 4.69) is 20.0 Å². The Hall–Kier alpha value is -2.86. The molecule has 0 amide bonds. The van der Waals surface area contributed by atoms with Gasteiger partial charge in [0, 0.05) is 12.3 Å². The van der Waals surface area contributed by atoms with Crippen molar-refractivity contribution in [2.45, 2.75) is 77.4 Å². The van der Waals surface area contributed by atoms with E-state index < -0.39 is 48.5 Å². The molecule has 3 aromatic rings. The van der Waals surface area contributed by atoms with Gasteiger partial charge < -0.3 is 30.8 Å². The summed E-state index contributed by atoms with van der Waals surface area (Å²) < 4.78 is 44.1. The monoisotopic (exact) mass is 771 g/mol. The summed E-state index contributed by atoms with van der Waals surface area (Å²) in [6.45, 7) is 10.1. The number of rotatable bonds is 18. The lowest BCUT2D eigenvalue weighted by Gasteiger charge is -2.26. The van der Waals surface area contributed by atoms with Crippen LogP contribution in [0.3, 0.4) is 0 Å². The molecule has 0 bridgehead atoms. The molecule has 19 heteroatoms. The number of benzene rings is 1. The molecule has 16 nitrogen and oxygen atoms in total. The Morgan fingerprint density at radius 2 is 1.94 bits per heavy atom. The van der Waals surface area contributed by atoms with Crippen LogP contribution < -0.4 is 21.3 Å². The van der Waals surface area contributed by atoms with Crippen LogP contribution in [0.25, 0.3) is 11.2 Å². The van der Waals surface area contributed by atoms with Gasteiger partial charge in [-0.15, -0.1) is 11.6 Å². The Morgan fingerprint density at radius 1 is 1.24 bits per heavy atom. The maximum Gasteiger partial charge on any atom is 0.405 e. The van der Waals surface area contributed by atoms with Crippen LogP contribution in [0.2, 0.25) is 0 Å². The number of nitrogens with two attached hydrogens (primary N) is 2. The first-order valence-corrected chi connectivity index (χ1v) is 19.3. The van der Waals surface area contributed by atoms with Gasteiger partial charge >= 0.3 is 13.7 Å². The Balaban J connectivity index is 1.41. The van der Waals surface area contributed by atoms with E-state index in [4.69, 9.17) is 46.3 Å². The lowest BCUT2D eigenvalue weighted by Crippen LogP contribution is -2.40. The molecule has 0 spiro atoms. The number of aliphatic hydroxyl groups is 1. The predicted octanol–water partition coefficient (Wildman–Crippen LogP) is 3.81. The van der Waals surface area contributed by atoms with Crippen molar-refractivity contribution >= 4 is 59.3 Å². The molecule has 0 radical (unpaired) electrons. The van der Waals surface area contributed by atoms with E-state index in [1.165, 1.54) is 10.9 Å². The Bertz CT molecular complexity index is 1700. The van der Waals surface area contributed by atoms with E-state index in [0.29, 0.717) is 12.1 Å². The fourth-order valence-corrected chi connectivity index (χ4v) is 7.45. The van der Waals surface area contributed by atoms with Crippen LogP contribution in [-0.2, 0) is 39.2 Å². The van der Waals surface area contributed by atoms with Crippen molar-refractivity contribution in [2.24, 2.45) is 17.1 Å². The largest absolute Gasteiger partial charge is 0.476 e. The smallest absolute Gasteiger partial charge is 0.405 e. The Labute approximate surface area is 306 Å². The summed E-state index contributed by atoms with van der Waals surface area (Å²) in [6.07, 6.45) is -1.92. The van der Waals surface area contributed by atoms with Crippen molar-refractivity contribution in [1.29, 1.82) is 0 Å². The molecule has 1 aromatic carbocycles. The summed E-state index contributed by atoms with van der Waals surface area (Å²) in [6, 6.07) is 8.41. The van der Waals surface area contributed by atoms with Gasteiger partial charge in [-0.25, -0.2) is 14.6 Å². The topological polar surface area (TPSA) is 225 Å². The second-order valence-electron chi connectivity index (χ2n) is 13.1. The van der Waals surface area contributed by atoms with Gasteiger partial charge in [0.25, 0.3) is 0 Å². The number of alkyl halides is 1. The van der Waals surface area contributed by atoms with Gasteiger partial charge in [-0.2, -0.15) is 9.97 Å². The van der Waals surface area contributed by atoms with E-state index in [9.17, 15) is 19.3 Å². The molecule has 6 N–H and O–H groups in total. The first kappa shape index (κ1) is 40.9. The lowest BCUT2D eigenvalue weighted by molar-refractivity contribution is -0.150. The zero-order chi connectivity index (χ0) is 37.6. The van der Waals surface area contributed by atoms with Gasteiger partial charge in [0.05, 0.1) is 31.6 Å². The van der Waals surface area contributed by atoms with Crippen molar-refractivity contribution in [3.8, 4) is 5.88 Å². The third-order valence-electron chi connectivity index (χ3n) is 8.08. The molecule has 51 heavy (non-hydrogen) atoms. The predicted molar refractivity (Wildman–Crippen MR) is 193 cm³/mol. The van der Waals surface area contributed by atoms with Crippen molar-refractivity contribution in [2.75, 3.05) is 37.9 Å². The first-order chi connectivity index (χ1) is 24.0. The van der Waals surface area contributed by atoms with E-state index >= 15 is 0 Å². The molecule has 0 aliphatic carbocycles. The Morgan fingerprint density at radius 3 is 2.61 bits per heavy atom. The van der Waals surface area contributed by atoms with Crippen molar-refractivity contribution in [3.05, 3.63) is 42.2 Å². The van der Waals surface area contributed by atoms with Gasteiger partial charge in [-0.1, -0.05) is 55.9 Å². The summed E-state index contributed by atoms with van der Waals surface area (Å²) in [5, 5.41) is 13.9. The molecule has 1 fully saturated rings. The van der Waals surface area contributed by atoms with Gasteiger partial charge in [0.1, 0.15) is 29.7 Å². The van der Waals surface area contributed by atoms with E-state index in [1.807, 2.05) is 30.3 Å². The summed E-state index contributed by atoms with van der Waals surface area (Å²) in [5.41, 5.74) is 12.2. The molecular weight excluding hydrogens is 725 g/mol. The number of ether oxygens (including phenoxy) is 3. The molecule has 4 rings (SSSR count). The van der Waals surface area contributed by atoms with Crippen LogP contribution in [0.5, 0.6) is 5.88 Å². The van der Waals surface area contributed by atoms with Gasteiger partial charge in [-0.3, -0.25) is 23.2 Å². The maximum atomic E-state index is 14.0. The number of halogens is 1. The lowest BCUT2D eigenvalue weighted by atomic mass is 9.97. The number of nitrogen functional groups attached to an aromatic ring is 1. The highest BCUT2D eigenvalue weighted by molar-refractivity contribution is 8.13. The minimum absolute atomic E-state index is 0.0526. The highest BCUT2D eigenvalue weighted by Gasteiger charge is 2.54. The van der Waals surface area contributed by atoms with Crippen LogP contribution in [0.15, 0.2) is 36.7 Å². The van der Waals surface area contributed by atoms with E-state index in [1.54, 1.807) is 41.5 Å². The molecule has 1 aliphatic heterocycles. The van der Waals surface area contributed by atoms with Gasteiger partial charge in [-0.05, 0) is 39.2 Å². The normalized spacial score (nSPS) is 22.6. The fraction of sp³-hybridized carbons (Fsp3) is 0.594. The van der Waals surface area contributed by atoms with E-state index in [-0.39, 0.29) is 60.6 Å². The minimum Gasteiger partial charge on any atom is -0.476 e. The third-order valence-corrected chi connectivity index (χ3v) is 11.2. The average Bonchev–Trinajstić information content (AvgIpc) is 3.60. The molecule has 0 saturated carbocycles. The number of aromatic nitrogens is 4. The van der Waals surface area contributed by atoms with Crippen LogP contribution >= 0.6 is 31.1 Å². The quantitative estimate of drug-likeness (QED) is 0.0624. The second kappa shape index (κ2) is 17.3. The second-order valence-corrected chi connectivity index (χ2v) is 16.8. The zero-order valence-corrected chi connectivity index (χ0v) is 32.0. The molecule has 1 aliphatic rings. The summed E-state index contributed by atoms with van der Waals surface area (Å²) >= 11 is 7.81. The van der Waals surface area contributed by atoms with Crippen molar-refractivity contribution in [1.82, 2.24) is 24.6 Å². The number of nitrogens with zero attached hydrogens (tertiary/aromatic N) is 4. The maximum absolute atomic E-state index is 14.0. The number of fused-ring (bicyclic) bond motifs is 1. The first-order valence-electron chi connectivity index (χ1n) is 16.4. The molecule has 0 unspecified atom stereocenters. The number of hydrogen-bond acceptors (Lipinski definition) is 15. The number of esters is 1. The van der Waals surface area contributed by atoms with Gasteiger partial charge in [0.2, 0.25) is 11.8 Å². The molecule has 282 valence electrons. The summed E-state index contributed by atoms with van der Waals surface area (Å²) in [7, 11) is -4.06. The highest BCUT2D eigenvalue weighted by atomic mass is 35.5. The standard InChI is InChI=1S/C32H47ClN7O9PS/c1-7-45-26-23-25(38-30(35)39-26)40(18-36-23)28-32(6,33)24(41)21(49-28)16-48-50(44,37-15-20-11-9-8-10-12-20)47-13-14-51-29(43)31(4,5)17-46-27(42)22(34)19(2)3/h8-12,18-19,21-22,24,28,41H,7,13-17,34H2,1-6H3,(H,37,44)(H2,35,38,39)/t21-,22-,24-,28-,32-,50-/m1/s1. The number of nitrogens with one attached hydrogen (secondary N) is 1. The van der Waals surface area contributed by atoms with Crippen LogP contribution in [0.4, 0.5) is 5.95 Å². The minimum atomic E-state index is -4.06. The van der Waals surface area contributed by atoms with Crippen molar-refractivity contribution < 1.29 is 42.5 Å². The molecule has 3 heterocycles. The van der Waals surface area contributed by atoms with Crippen LogP contribution in [-0.4, -0.2) is 91.0 Å². The number of anilines is 1. The molecule has 6 atom stereocenters. The number of carbonyl (C=O) groups excluding carboxylic acids is 2. The van der Waals surface area contributed by atoms with Gasteiger partial charge in [0.15, 0.2) is 22.5 Å². The Kier molecular flexibility index (Phi) is 13.9. The molecule has 2 aromatic heterocycles. The number of thioether (sulfide) groups is 1. The van der Waals surface area contributed by atoms with Crippen LogP contribution in [0.1, 0.15) is 53.3 Å². The van der Waals surface area contributed by atoms with Crippen molar-refractivity contribution in [3.63, 3.8) is 0 Å². The number of carbonyl (C=O) groups is 2. The molecule has 1 saturated heterocycles. The number of imidazole rings is 1.